The SMILES string of the molecule is O=[P+]1OCC[C@@H](c2ccncc2)O1. The number of hydrogen-bond acceptors (Lipinski definition) is 4. The van der Waals surface area contributed by atoms with Gasteiger partial charge in [-0.15, -0.1) is 9.05 Å². The van der Waals surface area contributed by atoms with Gasteiger partial charge >= 0.3 is 8.25 Å². The van der Waals surface area contributed by atoms with E-state index in [2.05, 4.69) is 4.98 Å². The lowest BCUT2D eigenvalue weighted by atomic mass is 10.1. The Hall–Kier alpha value is -0.830. The second kappa shape index (κ2) is 3.92. The molecule has 1 aliphatic rings. The zero-order chi connectivity index (χ0) is 9.10. The van der Waals surface area contributed by atoms with E-state index in [0.717, 1.165) is 12.0 Å². The van der Waals surface area contributed by atoms with Gasteiger partial charge in [0.25, 0.3) is 0 Å². The van der Waals surface area contributed by atoms with Gasteiger partial charge in [0.15, 0.2) is 0 Å². The summed E-state index contributed by atoms with van der Waals surface area (Å²) in [5.41, 5.74) is 1.00. The van der Waals surface area contributed by atoms with E-state index >= 15 is 0 Å². The molecule has 0 radical (unpaired) electrons. The molecule has 68 valence electrons. The second-order valence-corrected chi connectivity index (χ2v) is 3.64. The van der Waals surface area contributed by atoms with Gasteiger partial charge in [-0.05, 0) is 17.7 Å². The molecular formula is C8H9NO3P+. The lowest BCUT2D eigenvalue weighted by Gasteiger charge is -2.12. The molecule has 2 atom stereocenters. The molecule has 0 saturated carbocycles. The number of aromatic nitrogens is 1. The molecule has 0 N–H and O–H groups in total. The van der Waals surface area contributed by atoms with Gasteiger partial charge in [0.2, 0.25) is 0 Å². The van der Waals surface area contributed by atoms with Crippen LogP contribution in [-0.4, -0.2) is 11.6 Å². The minimum absolute atomic E-state index is 0.111. The van der Waals surface area contributed by atoms with Gasteiger partial charge in [0, 0.05) is 23.4 Å². The molecule has 2 heterocycles. The van der Waals surface area contributed by atoms with Crippen molar-refractivity contribution in [2.45, 2.75) is 12.5 Å². The smallest absolute Gasteiger partial charge is 0.265 e. The summed E-state index contributed by atoms with van der Waals surface area (Å²) in [7, 11) is -1.92. The third kappa shape index (κ3) is 2.10. The standard InChI is InChI=1S/C8H9NO3P/c10-13-11-6-3-8(12-13)7-1-4-9-5-2-7/h1-2,4-5,8H,3,6H2/q+1/t8-/m0/s1. The lowest BCUT2D eigenvalue weighted by molar-refractivity contribution is 0.0968. The molecule has 1 saturated heterocycles. The highest BCUT2D eigenvalue weighted by Crippen LogP contribution is 2.39. The summed E-state index contributed by atoms with van der Waals surface area (Å²) in [5.74, 6) is 0. The first kappa shape index (κ1) is 8.75. The fourth-order valence-corrected chi connectivity index (χ4v) is 1.98. The maximum atomic E-state index is 10.9. The molecule has 5 heteroatoms. The number of rotatable bonds is 1. The highest BCUT2D eigenvalue weighted by atomic mass is 31.1. The Morgan fingerprint density at radius 1 is 1.46 bits per heavy atom. The van der Waals surface area contributed by atoms with Crippen molar-refractivity contribution in [1.82, 2.24) is 4.98 Å². The van der Waals surface area contributed by atoms with Crippen LogP contribution in [0.3, 0.4) is 0 Å². The van der Waals surface area contributed by atoms with E-state index in [4.69, 9.17) is 9.05 Å². The first-order valence-electron chi connectivity index (χ1n) is 4.03. The van der Waals surface area contributed by atoms with Crippen molar-refractivity contribution in [3.05, 3.63) is 30.1 Å². The molecule has 0 aliphatic carbocycles. The summed E-state index contributed by atoms with van der Waals surface area (Å²) in [6, 6.07) is 3.72. The third-order valence-electron chi connectivity index (χ3n) is 1.87. The predicted octanol–water partition coefficient (Wildman–Crippen LogP) is 2.22. The van der Waals surface area contributed by atoms with Crippen LogP contribution in [0.1, 0.15) is 18.1 Å². The Balaban J connectivity index is 2.13. The fourth-order valence-electron chi connectivity index (χ4n) is 1.23. The molecule has 1 aliphatic heterocycles. The summed E-state index contributed by atoms with van der Waals surface area (Å²) in [5, 5.41) is 0. The Morgan fingerprint density at radius 3 is 2.92 bits per heavy atom. The molecule has 0 aromatic carbocycles. The molecule has 2 rings (SSSR count). The van der Waals surface area contributed by atoms with Crippen molar-refractivity contribution in [2.75, 3.05) is 6.61 Å². The highest BCUT2D eigenvalue weighted by Gasteiger charge is 2.33. The Bertz CT molecular complexity index is 304. The van der Waals surface area contributed by atoms with Gasteiger partial charge in [-0.1, -0.05) is 0 Å². The number of nitrogens with zero attached hydrogens (tertiary/aromatic N) is 1. The normalized spacial score (nSPS) is 25.8. The van der Waals surface area contributed by atoms with Crippen molar-refractivity contribution in [2.24, 2.45) is 0 Å². The molecule has 0 amide bonds. The Morgan fingerprint density at radius 2 is 2.23 bits per heavy atom. The number of pyridine rings is 1. The van der Waals surface area contributed by atoms with Crippen LogP contribution in [0.2, 0.25) is 0 Å². The van der Waals surface area contributed by atoms with Crippen molar-refractivity contribution in [3.8, 4) is 0 Å². The molecule has 0 bridgehead atoms. The summed E-state index contributed by atoms with van der Waals surface area (Å²) in [6.45, 7) is 0.488. The Labute approximate surface area is 76.8 Å². The highest BCUT2D eigenvalue weighted by molar-refractivity contribution is 7.33. The van der Waals surface area contributed by atoms with E-state index in [0.29, 0.717) is 6.61 Å². The van der Waals surface area contributed by atoms with Crippen LogP contribution >= 0.6 is 8.25 Å². The lowest BCUT2D eigenvalue weighted by Crippen LogP contribution is -2.09. The van der Waals surface area contributed by atoms with E-state index < -0.39 is 8.25 Å². The van der Waals surface area contributed by atoms with Crippen LogP contribution in [0, 0.1) is 0 Å². The van der Waals surface area contributed by atoms with E-state index in [1.54, 1.807) is 12.4 Å². The van der Waals surface area contributed by atoms with E-state index in [-0.39, 0.29) is 6.10 Å². The van der Waals surface area contributed by atoms with Gasteiger partial charge in [-0.3, -0.25) is 4.98 Å². The molecule has 1 fully saturated rings. The fraction of sp³-hybridized carbons (Fsp3) is 0.375. The molecule has 0 spiro atoms. The molecule has 13 heavy (non-hydrogen) atoms. The van der Waals surface area contributed by atoms with Gasteiger partial charge in [-0.2, -0.15) is 0 Å². The van der Waals surface area contributed by atoms with Gasteiger partial charge in [0.1, 0.15) is 12.7 Å². The zero-order valence-electron chi connectivity index (χ0n) is 6.92. The van der Waals surface area contributed by atoms with Gasteiger partial charge in [0.05, 0.1) is 0 Å². The van der Waals surface area contributed by atoms with Crippen LogP contribution in [0.5, 0.6) is 0 Å². The average molecular weight is 198 g/mol. The summed E-state index contributed by atoms with van der Waals surface area (Å²) in [4.78, 5) is 3.90. The minimum atomic E-state index is -1.92. The van der Waals surface area contributed by atoms with Crippen LogP contribution in [-0.2, 0) is 13.6 Å². The minimum Gasteiger partial charge on any atom is -0.265 e. The zero-order valence-corrected chi connectivity index (χ0v) is 7.81. The molecule has 4 nitrogen and oxygen atoms in total. The largest absolute Gasteiger partial charge is 0.698 e. The summed E-state index contributed by atoms with van der Waals surface area (Å²) in [6.07, 6.45) is 4.02. The van der Waals surface area contributed by atoms with Crippen molar-refractivity contribution in [3.63, 3.8) is 0 Å². The first-order valence-corrected chi connectivity index (χ1v) is 5.12. The summed E-state index contributed by atoms with van der Waals surface area (Å²) >= 11 is 0. The topological polar surface area (TPSA) is 48.4 Å². The second-order valence-electron chi connectivity index (χ2n) is 2.72. The van der Waals surface area contributed by atoms with Crippen molar-refractivity contribution in [1.29, 1.82) is 0 Å². The maximum absolute atomic E-state index is 10.9. The quantitative estimate of drug-likeness (QED) is 0.649. The predicted molar refractivity (Wildman–Crippen MR) is 46.2 cm³/mol. The van der Waals surface area contributed by atoms with Gasteiger partial charge in [-0.25, -0.2) is 0 Å². The number of hydrogen-bond donors (Lipinski definition) is 0. The maximum Gasteiger partial charge on any atom is 0.698 e. The third-order valence-corrected chi connectivity index (χ3v) is 2.69. The van der Waals surface area contributed by atoms with Crippen LogP contribution < -0.4 is 0 Å². The Kier molecular flexibility index (Phi) is 2.64. The molecule has 1 unspecified atom stereocenters. The summed E-state index contributed by atoms with van der Waals surface area (Å²) < 4.78 is 20.9. The van der Waals surface area contributed by atoms with Crippen LogP contribution in [0.25, 0.3) is 0 Å². The van der Waals surface area contributed by atoms with E-state index in [1.165, 1.54) is 0 Å². The monoisotopic (exact) mass is 198 g/mol. The molecular weight excluding hydrogens is 189 g/mol. The first-order chi connectivity index (χ1) is 6.36. The van der Waals surface area contributed by atoms with E-state index in [9.17, 15) is 4.57 Å². The van der Waals surface area contributed by atoms with Crippen LogP contribution in [0.4, 0.5) is 0 Å². The average Bonchev–Trinajstić information content (AvgIpc) is 2.19. The van der Waals surface area contributed by atoms with Crippen LogP contribution in [0.15, 0.2) is 24.5 Å². The molecule has 1 aromatic rings. The van der Waals surface area contributed by atoms with Gasteiger partial charge < -0.3 is 0 Å². The van der Waals surface area contributed by atoms with Crippen molar-refractivity contribution < 1.29 is 13.6 Å². The van der Waals surface area contributed by atoms with Crippen molar-refractivity contribution >= 4 is 8.25 Å². The molecule has 1 aromatic heterocycles. The van der Waals surface area contributed by atoms with E-state index in [1.807, 2.05) is 12.1 Å².